The minimum atomic E-state index is -4.94. The minimum absolute atomic E-state index is 0.0555. The van der Waals surface area contributed by atoms with Crippen LogP contribution in [-0.4, -0.2) is 27.1 Å². The summed E-state index contributed by atoms with van der Waals surface area (Å²) in [5.74, 6) is -2.02. The van der Waals surface area contributed by atoms with E-state index in [1.165, 1.54) is 10.9 Å². The van der Waals surface area contributed by atoms with Crippen molar-refractivity contribution in [3.05, 3.63) is 48.0 Å². The van der Waals surface area contributed by atoms with Crippen molar-refractivity contribution in [3.8, 4) is 5.69 Å². The van der Waals surface area contributed by atoms with Crippen LogP contribution in [0.15, 0.2) is 42.5 Å². The molecule has 1 heterocycles. The molecule has 0 atom stereocenters. The van der Waals surface area contributed by atoms with Gasteiger partial charge in [0.1, 0.15) is 11.0 Å². The molecule has 1 N–H and O–H groups in total. The second kappa shape index (κ2) is 5.38. The third kappa shape index (κ3) is 3.01. The molecule has 23 heavy (non-hydrogen) atoms. The molecule has 2 aromatic carbocycles. The summed E-state index contributed by atoms with van der Waals surface area (Å²) in [6.07, 6.45) is -4.94. The zero-order valence-electron chi connectivity index (χ0n) is 11.9. The Labute approximate surface area is 128 Å². The number of aromatic nitrogens is 3. The number of carbonyl (C=O) groups excluding carboxylic acids is 1. The average Bonchev–Trinajstić information content (AvgIpc) is 2.90. The zero-order valence-corrected chi connectivity index (χ0v) is 11.9. The second-order valence-corrected chi connectivity index (χ2v) is 4.93. The van der Waals surface area contributed by atoms with Gasteiger partial charge in [0.2, 0.25) is 0 Å². The van der Waals surface area contributed by atoms with Crippen molar-refractivity contribution in [1.82, 2.24) is 15.0 Å². The lowest BCUT2D eigenvalue weighted by molar-refractivity contribution is -0.167. The highest BCUT2D eigenvalue weighted by Gasteiger charge is 2.38. The van der Waals surface area contributed by atoms with Crippen LogP contribution in [0.5, 0.6) is 0 Å². The lowest BCUT2D eigenvalue weighted by atomic mass is 10.1. The maximum atomic E-state index is 12.4. The van der Waals surface area contributed by atoms with Crippen molar-refractivity contribution in [3.63, 3.8) is 0 Å². The Morgan fingerprint density at radius 3 is 2.30 bits per heavy atom. The van der Waals surface area contributed by atoms with Crippen molar-refractivity contribution in [2.45, 2.75) is 13.1 Å². The third-order valence-electron chi connectivity index (χ3n) is 3.22. The smallest absolute Gasteiger partial charge is 0.318 e. The summed E-state index contributed by atoms with van der Waals surface area (Å²) in [5.41, 5.74) is 2.16. The van der Waals surface area contributed by atoms with Gasteiger partial charge in [0.25, 0.3) is 0 Å². The fraction of sp³-hybridized carbons (Fsp3) is 0.133. The van der Waals surface area contributed by atoms with Gasteiger partial charge >= 0.3 is 12.1 Å². The fourth-order valence-corrected chi connectivity index (χ4v) is 2.07. The van der Waals surface area contributed by atoms with Crippen LogP contribution in [0, 0.1) is 6.92 Å². The van der Waals surface area contributed by atoms with Gasteiger partial charge in [-0.1, -0.05) is 18.2 Å². The molecule has 0 bridgehead atoms. The standard InChI is InChI=1S/C15H11F3N4O/c1-9-7-12-13(8-11(9)19-14(23)15(16,17)18)21-22(20-12)10-5-3-2-4-6-10/h2-8H,1H3,(H,19,23). The first-order valence-electron chi connectivity index (χ1n) is 6.66. The van der Waals surface area contributed by atoms with Crippen LogP contribution in [0.2, 0.25) is 0 Å². The molecule has 0 saturated carbocycles. The summed E-state index contributed by atoms with van der Waals surface area (Å²) in [5, 5.41) is 10.4. The molecule has 0 unspecified atom stereocenters. The van der Waals surface area contributed by atoms with Gasteiger partial charge < -0.3 is 5.32 Å². The van der Waals surface area contributed by atoms with Gasteiger partial charge in [-0.2, -0.15) is 18.0 Å². The number of hydrogen-bond acceptors (Lipinski definition) is 3. The summed E-state index contributed by atoms with van der Waals surface area (Å²) in [6.45, 7) is 1.59. The number of amides is 1. The predicted octanol–water partition coefficient (Wildman–Crippen LogP) is 3.23. The Morgan fingerprint density at radius 2 is 1.70 bits per heavy atom. The molecular formula is C15H11F3N4O. The van der Waals surface area contributed by atoms with E-state index in [2.05, 4.69) is 10.2 Å². The molecule has 0 radical (unpaired) electrons. The molecule has 8 heteroatoms. The summed E-state index contributed by atoms with van der Waals surface area (Å²) in [6, 6.07) is 12.1. The van der Waals surface area contributed by atoms with Crippen molar-refractivity contribution in [2.24, 2.45) is 0 Å². The summed E-state index contributed by atoms with van der Waals surface area (Å²) in [7, 11) is 0. The molecule has 0 aliphatic carbocycles. The maximum absolute atomic E-state index is 12.4. The number of halogens is 3. The van der Waals surface area contributed by atoms with E-state index in [0.29, 0.717) is 16.6 Å². The molecule has 118 valence electrons. The van der Waals surface area contributed by atoms with E-state index < -0.39 is 12.1 Å². The molecule has 0 saturated heterocycles. The fourth-order valence-electron chi connectivity index (χ4n) is 2.07. The van der Waals surface area contributed by atoms with Gasteiger partial charge in [-0.3, -0.25) is 4.79 Å². The van der Waals surface area contributed by atoms with E-state index in [4.69, 9.17) is 0 Å². The number of aryl methyl sites for hydroxylation is 1. The average molecular weight is 320 g/mol. The van der Waals surface area contributed by atoms with Gasteiger partial charge in [0.15, 0.2) is 0 Å². The van der Waals surface area contributed by atoms with Gasteiger partial charge in [-0.25, -0.2) is 0 Å². The number of para-hydroxylation sites is 1. The largest absolute Gasteiger partial charge is 0.471 e. The minimum Gasteiger partial charge on any atom is -0.318 e. The highest BCUT2D eigenvalue weighted by atomic mass is 19.4. The third-order valence-corrected chi connectivity index (χ3v) is 3.22. The van der Waals surface area contributed by atoms with Crippen molar-refractivity contribution < 1.29 is 18.0 Å². The van der Waals surface area contributed by atoms with Crippen LogP contribution in [-0.2, 0) is 4.79 Å². The summed E-state index contributed by atoms with van der Waals surface area (Å²) < 4.78 is 37.1. The topological polar surface area (TPSA) is 59.8 Å². The lowest BCUT2D eigenvalue weighted by Gasteiger charge is -2.09. The Bertz CT molecular complexity index is 872. The Kier molecular flexibility index (Phi) is 3.51. The molecule has 0 aliphatic rings. The molecule has 3 rings (SSSR count). The first kappa shape index (κ1) is 15.0. The molecule has 0 spiro atoms. The van der Waals surface area contributed by atoms with Crippen LogP contribution in [0.4, 0.5) is 18.9 Å². The quantitative estimate of drug-likeness (QED) is 0.788. The zero-order chi connectivity index (χ0) is 16.6. The van der Waals surface area contributed by atoms with E-state index in [1.807, 2.05) is 23.5 Å². The molecule has 0 aliphatic heterocycles. The van der Waals surface area contributed by atoms with Gasteiger partial charge in [0.05, 0.1) is 5.69 Å². The van der Waals surface area contributed by atoms with Crippen LogP contribution < -0.4 is 5.32 Å². The number of carbonyl (C=O) groups is 1. The molecule has 1 aromatic heterocycles. The van der Waals surface area contributed by atoms with Crippen molar-refractivity contribution in [2.75, 3.05) is 5.32 Å². The number of benzene rings is 2. The number of fused-ring (bicyclic) bond motifs is 1. The van der Waals surface area contributed by atoms with E-state index in [1.54, 1.807) is 25.1 Å². The number of nitrogens with zero attached hydrogens (tertiary/aromatic N) is 3. The van der Waals surface area contributed by atoms with Crippen molar-refractivity contribution in [1.29, 1.82) is 0 Å². The Morgan fingerprint density at radius 1 is 1.09 bits per heavy atom. The molecule has 1 amide bonds. The van der Waals surface area contributed by atoms with Crippen LogP contribution >= 0.6 is 0 Å². The van der Waals surface area contributed by atoms with Crippen LogP contribution in [0.25, 0.3) is 16.7 Å². The number of nitrogens with one attached hydrogen (secondary N) is 1. The first-order valence-corrected chi connectivity index (χ1v) is 6.66. The molecule has 0 fully saturated rings. The highest BCUT2D eigenvalue weighted by molar-refractivity contribution is 5.97. The second-order valence-electron chi connectivity index (χ2n) is 4.93. The SMILES string of the molecule is Cc1cc2nn(-c3ccccc3)nc2cc1NC(=O)C(F)(F)F. The van der Waals surface area contributed by atoms with Gasteiger partial charge in [-0.15, -0.1) is 10.2 Å². The number of rotatable bonds is 2. The van der Waals surface area contributed by atoms with Crippen LogP contribution in [0.3, 0.4) is 0 Å². The van der Waals surface area contributed by atoms with E-state index in [9.17, 15) is 18.0 Å². The van der Waals surface area contributed by atoms with Crippen LogP contribution in [0.1, 0.15) is 5.56 Å². The van der Waals surface area contributed by atoms with Gasteiger partial charge in [-0.05, 0) is 36.8 Å². The maximum Gasteiger partial charge on any atom is 0.471 e. The van der Waals surface area contributed by atoms with Gasteiger partial charge in [0, 0.05) is 5.69 Å². The van der Waals surface area contributed by atoms with E-state index >= 15 is 0 Å². The number of anilines is 1. The number of hydrogen-bond donors (Lipinski definition) is 1. The monoisotopic (exact) mass is 320 g/mol. The predicted molar refractivity (Wildman–Crippen MR) is 78.3 cm³/mol. The first-order chi connectivity index (χ1) is 10.8. The molecule has 5 nitrogen and oxygen atoms in total. The number of alkyl halides is 3. The van der Waals surface area contributed by atoms with E-state index in [0.717, 1.165) is 5.69 Å². The molecular weight excluding hydrogens is 309 g/mol. The summed E-state index contributed by atoms with van der Waals surface area (Å²) >= 11 is 0. The highest BCUT2D eigenvalue weighted by Crippen LogP contribution is 2.24. The van der Waals surface area contributed by atoms with E-state index in [-0.39, 0.29) is 5.69 Å². The molecule has 3 aromatic rings. The lowest BCUT2D eigenvalue weighted by Crippen LogP contribution is -2.30. The Balaban J connectivity index is 2.00. The van der Waals surface area contributed by atoms with Crippen molar-refractivity contribution >= 4 is 22.6 Å². The summed E-state index contributed by atoms with van der Waals surface area (Å²) in [4.78, 5) is 12.5. The Hall–Kier alpha value is -2.90. The normalized spacial score (nSPS) is 11.7.